The summed E-state index contributed by atoms with van der Waals surface area (Å²) < 4.78 is 0. The third-order valence-corrected chi connectivity index (χ3v) is 4.53. The van der Waals surface area contributed by atoms with E-state index in [1.54, 1.807) is 12.1 Å². The highest BCUT2D eigenvalue weighted by Crippen LogP contribution is 2.41. The van der Waals surface area contributed by atoms with Gasteiger partial charge in [-0.15, -0.1) is 11.3 Å². The zero-order valence-corrected chi connectivity index (χ0v) is 10.1. The van der Waals surface area contributed by atoms with E-state index >= 15 is 0 Å². The van der Waals surface area contributed by atoms with Gasteiger partial charge in [-0.05, 0) is 6.07 Å². The largest absolute Gasteiger partial charge is 0.369 e. The lowest BCUT2D eigenvalue weighted by atomic mass is 9.94. The molecule has 0 aliphatic carbocycles. The van der Waals surface area contributed by atoms with E-state index in [0.29, 0.717) is 31.7 Å². The predicted octanol–water partition coefficient (Wildman–Crippen LogP) is 0.519. The van der Waals surface area contributed by atoms with Crippen molar-refractivity contribution < 1.29 is 19.5 Å². The van der Waals surface area contributed by atoms with E-state index in [1.165, 1.54) is 0 Å². The summed E-state index contributed by atoms with van der Waals surface area (Å²) in [4.78, 5) is 36.1. The molecule has 0 bridgehead atoms. The van der Waals surface area contributed by atoms with Crippen LogP contribution in [0.15, 0.2) is 12.1 Å². The molecule has 3 amide bonds. The molecule has 0 saturated carbocycles. The molecule has 6 nitrogen and oxygen atoms in total. The van der Waals surface area contributed by atoms with E-state index in [1.807, 2.05) is 0 Å². The van der Waals surface area contributed by atoms with E-state index in [2.05, 4.69) is 10.6 Å². The molecular weight excluding hydrogens is 268 g/mol. The number of carbonyl (C=O) groups is 3. The zero-order chi connectivity index (χ0) is 13.3. The minimum atomic E-state index is -1.11. The quantitative estimate of drug-likeness (QED) is 0.610. The molecule has 0 spiro atoms. The molecule has 2 aliphatic heterocycles. The summed E-state index contributed by atoms with van der Waals surface area (Å²) >= 11 is 1.04. The zero-order valence-electron chi connectivity index (χ0n) is 9.31. The summed E-state index contributed by atoms with van der Waals surface area (Å²) in [6.07, 6.45) is -1.11. The lowest BCUT2D eigenvalue weighted by molar-refractivity contribution is 0.0774. The summed E-state index contributed by atoms with van der Waals surface area (Å²) in [5.41, 5.74) is 0.871. The van der Waals surface area contributed by atoms with Crippen LogP contribution in [-0.4, -0.2) is 22.8 Å². The predicted molar refractivity (Wildman–Crippen MR) is 66.0 cm³/mol. The van der Waals surface area contributed by atoms with Crippen LogP contribution in [0.2, 0.25) is 0 Å². The molecule has 0 fully saturated rings. The number of hydrogen-bond donors (Lipinski definition) is 3. The Morgan fingerprint density at radius 2 is 1.74 bits per heavy atom. The number of benzene rings is 1. The van der Waals surface area contributed by atoms with Crippen molar-refractivity contribution >= 4 is 39.8 Å². The fourth-order valence-corrected chi connectivity index (χ4v) is 3.67. The second-order valence-electron chi connectivity index (χ2n) is 4.37. The molecule has 1 aromatic heterocycles. The van der Waals surface area contributed by atoms with Gasteiger partial charge in [0.15, 0.2) is 6.23 Å². The molecule has 0 saturated heterocycles. The van der Waals surface area contributed by atoms with Crippen LogP contribution in [0.1, 0.15) is 41.5 Å². The molecule has 19 heavy (non-hydrogen) atoms. The van der Waals surface area contributed by atoms with Crippen LogP contribution in [0.5, 0.6) is 0 Å². The smallest absolute Gasteiger partial charge is 0.268 e. The molecule has 7 heteroatoms. The van der Waals surface area contributed by atoms with Crippen LogP contribution in [0.4, 0.5) is 0 Å². The van der Waals surface area contributed by atoms with E-state index in [9.17, 15) is 19.5 Å². The van der Waals surface area contributed by atoms with Gasteiger partial charge in [0.05, 0.1) is 0 Å². The summed E-state index contributed by atoms with van der Waals surface area (Å²) in [5.74, 6) is -1.41. The Kier molecular flexibility index (Phi) is 1.79. The number of aliphatic hydroxyl groups excluding tert-OH is 1. The van der Waals surface area contributed by atoms with Gasteiger partial charge < -0.3 is 10.4 Å². The molecule has 1 unspecified atom stereocenters. The Bertz CT molecular complexity index is 808. The SMILES string of the molecule is O=C1NC(=O)c2sc3c4c(ccc1c24)C(O)NC3=O. The number of aliphatic hydroxyl groups is 1. The standard InChI is InChI=1S/C12H6N2O4S/c15-9-3-1-2-4-6-5(3)7(11(17)13-9)19-8(6)12(18)14-10(4)16/h1-2,9,15H,(H,13,17)(H,14,16,18). The molecule has 3 N–H and O–H groups in total. The van der Waals surface area contributed by atoms with Crippen molar-refractivity contribution in [2.75, 3.05) is 0 Å². The average Bonchev–Trinajstić information content (AvgIpc) is 2.76. The lowest BCUT2D eigenvalue weighted by Gasteiger charge is -2.21. The van der Waals surface area contributed by atoms with E-state index in [4.69, 9.17) is 0 Å². The van der Waals surface area contributed by atoms with Gasteiger partial charge in [0.25, 0.3) is 17.7 Å². The van der Waals surface area contributed by atoms with Gasteiger partial charge in [0.1, 0.15) is 9.75 Å². The Balaban J connectivity index is 2.25. The molecule has 1 aromatic carbocycles. The third-order valence-electron chi connectivity index (χ3n) is 3.34. The van der Waals surface area contributed by atoms with Gasteiger partial charge in [-0.25, -0.2) is 0 Å². The highest BCUT2D eigenvalue weighted by molar-refractivity contribution is 7.18. The normalized spacial score (nSPS) is 20.5. The molecular formula is C12H6N2O4S. The first kappa shape index (κ1) is 10.7. The monoisotopic (exact) mass is 274 g/mol. The van der Waals surface area contributed by atoms with E-state index in [0.717, 1.165) is 11.3 Å². The minimum absolute atomic E-state index is 0.339. The number of nitrogens with one attached hydrogen (secondary N) is 2. The third kappa shape index (κ3) is 1.16. The molecule has 4 rings (SSSR count). The summed E-state index contributed by atoms with van der Waals surface area (Å²) in [6, 6.07) is 3.15. The van der Waals surface area contributed by atoms with Gasteiger partial charge in [-0.3, -0.25) is 19.7 Å². The Hall–Kier alpha value is -2.25. The van der Waals surface area contributed by atoms with Crippen LogP contribution < -0.4 is 10.6 Å². The van der Waals surface area contributed by atoms with Crippen LogP contribution in [0.25, 0.3) is 10.8 Å². The summed E-state index contributed by atoms with van der Waals surface area (Å²) in [6.45, 7) is 0. The maximum Gasteiger partial charge on any atom is 0.268 e. The molecule has 1 atom stereocenters. The first-order valence-electron chi connectivity index (χ1n) is 5.52. The van der Waals surface area contributed by atoms with E-state index < -0.39 is 23.9 Å². The fraction of sp³-hybridized carbons (Fsp3) is 0.0833. The minimum Gasteiger partial charge on any atom is -0.369 e. The van der Waals surface area contributed by atoms with Crippen molar-refractivity contribution in [1.82, 2.24) is 10.6 Å². The van der Waals surface area contributed by atoms with Crippen LogP contribution in [-0.2, 0) is 0 Å². The number of thiophene rings is 1. The van der Waals surface area contributed by atoms with Crippen LogP contribution >= 0.6 is 11.3 Å². The van der Waals surface area contributed by atoms with E-state index in [-0.39, 0.29) is 0 Å². The lowest BCUT2D eigenvalue weighted by Crippen LogP contribution is -2.34. The molecule has 3 heterocycles. The van der Waals surface area contributed by atoms with Gasteiger partial charge in [-0.2, -0.15) is 0 Å². The highest BCUT2D eigenvalue weighted by atomic mass is 32.1. The summed E-state index contributed by atoms with van der Waals surface area (Å²) in [7, 11) is 0. The molecule has 2 aromatic rings. The molecule has 2 aliphatic rings. The van der Waals surface area contributed by atoms with Gasteiger partial charge in [-0.1, -0.05) is 6.07 Å². The number of rotatable bonds is 0. The Morgan fingerprint density at radius 3 is 2.53 bits per heavy atom. The fourth-order valence-electron chi connectivity index (χ4n) is 2.53. The molecule has 94 valence electrons. The highest BCUT2D eigenvalue weighted by Gasteiger charge is 2.35. The van der Waals surface area contributed by atoms with Crippen molar-refractivity contribution in [3.63, 3.8) is 0 Å². The second kappa shape index (κ2) is 3.19. The average molecular weight is 274 g/mol. The Morgan fingerprint density at radius 1 is 1.00 bits per heavy atom. The number of amides is 3. The topological polar surface area (TPSA) is 95.5 Å². The number of imide groups is 1. The van der Waals surface area contributed by atoms with Gasteiger partial charge in [0.2, 0.25) is 0 Å². The first-order chi connectivity index (χ1) is 9.08. The maximum atomic E-state index is 11.9. The number of hydrogen-bond acceptors (Lipinski definition) is 5. The summed E-state index contributed by atoms with van der Waals surface area (Å²) in [5, 5.41) is 15.5. The van der Waals surface area contributed by atoms with Crippen LogP contribution in [0, 0.1) is 0 Å². The Labute approximate surface area is 110 Å². The molecule has 0 radical (unpaired) electrons. The van der Waals surface area contributed by atoms with Crippen LogP contribution in [0.3, 0.4) is 0 Å². The maximum absolute atomic E-state index is 11.9. The van der Waals surface area contributed by atoms with Crippen molar-refractivity contribution in [3.8, 4) is 0 Å². The van der Waals surface area contributed by atoms with Gasteiger partial charge in [0, 0.05) is 21.9 Å². The first-order valence-corrected chi connectivity index (χ1v) is 6.33. The van der Waals surface area contributed by atoms with Crippen molar-refractivity contribution in [2.45, 2.75) is 6.23 Å². The van der Waals surface area contributed by atoms with Crippen molar-refractivity contribution in [1.29, 1.82) is 0 Å². The van der Waals surface area contributed by atoms with Gasteiger partial charge >= 0.3 is 0 Å². The van der Waals surface area contributed by atoms with Crippen molar-refractivity contribution in [2.24, 2.45) is 0 Å². The second-order valence-corrected chi connectivity index (χ2v) is 5.39. The van der Waals surface area contributed by atoms with Crippen molar-refractivity contribution in [3.05, 3.63) is 33.0 Å². The number of carbonyl (C=O) groups excluding carboxylic acids is 3.